The van der Waals surface area contributed by atoms with Gasteiger partial charge in [-0.05, 0) is 24.3 Å². The van der Waals surface area contributed by atoms with Crippen LogP contribution in [0.2, 0.25) is 0 Å². The zero-order chi connectivity index (χ0) is 12.8. The van der Waals surface area contributed by atoms with Crippen molar-refractivity contribution in [1.82, 2.24) is 0 Å². The second-order valence-corrected chi connectivity index (χ2v) is 3.34. The normalized spacial score (nSPS) is 9.71. The Balaban J connectivity index is 2.85. The number of hydrogen-bond acceptors (Lipinski definition) is 5. The molecule has 0 fully saturated rings. The van der Waals surface area contributed by atoms with E-state index in [0.29, 0.717) is 5.69 Å². The Labute approximate surface area is 98.0 Å². The first kappa shape index (κ1) is 12.8. The lowest BCUT2D eigenvalue weighted by atomic mass is 10.2. The van der Waals surface area contributed by atoms with Crippen LogP contribution < -0.4 is 4.90 Å². The molecular formula is C11H13NO5. The number of nitrogens with zero attached hydrogens (tertiary/aromatic N) is 1. The predicted octanol–water partition coefficient (Wildman–Crippen LogP) is 0.456. The van der Waals surface area contributed by atoms with Crippen molar-refractivity contribution >= 4 is 17.6 Å². The molecule has 1 aromatic carbocycles. The van der Waals surface area contributed by atoms with Crippen LogP contribution >= 0.6 is 0 Å². The third-order valence-corrected chi connectivity index (χ3v) is 2.09. The average molecular weight is 239 g/mol. The number of ether oxygens (including phenoxy) is 1. The van der Waals surface area contributed by atoms with Crippen LogP contribution in [0.3, 0.4) is 0 Å². The molecule has 0 unspecified atom stereocenters. The van der Waals surface area contributed by atoms with E-state index in [1.165, 1.54) is 36.3 Å². The molecule has 17 heavy (non-hydrogen) atoms. The number of benzene rings is 1. The largest absolute Gasteiger partial charge is 0.508 e. The fraction of sp³-hybridized carbons (Fsp3) is 0.273. The number of anilines is 1. The molecule has 6 heteroatoms. The maximum absolute atomic E-state index is 11.1. The summed E-state index contributed by atoms with van der Waals surface area (Å²) in [5, 5.41) is 17.9. The van der Waals surface area contributed by atoms with Crippen LogP contribution in [0.5, 0.6) is 5.75 Å². The summed E-state index contributed by atoms with van der Waals surface area (Å²) in [5.41, 5.74) is 0.524. The van der Waals surface area contributed by atoms with Crippen LogP contribution in [0.4, 0.5) is 5.69 Å². The Kier molecular flexibility index (Phi) is 4.33. The van der Waals surface area contributed by atoms with E-state index in [2.05, 4.69) is 4.74 Å². The summed E-state index contributed by atoms with van der Waals surface area (Å²) in [6.45, 7) is -0.479. The number of aromatic hydroxyl groups is 1. The molecule has 0 heterocycles. The van der Waals surface area contributed by atoms with E-state index in [4.69, 9.17) is 10.2 Å². The SMILES string of the molecule is COC(=O)CN(CC(=O)O)c1ccc(O)cc1. The van der Waals surface area contributed by atoms with E-state index in [1.54, 1.807) is 0 Å². The predicted molar refractivity (Wildman–Crippen MR) is 60.0 cm³/mol. The molecule has 0 bridgehead atoms. The fourth-order valence-electron chi connectivity index (χ4n) is 1.29. The molecule has 0 aromatic heterocycles. The van der Waals surface area contributed by atoms with Gasteiger partial charge >= 0.3 is 11.9 Å². The van der Waals surface area contributed by atoms with E-state index in [-0.39, 0.29) is 18.8 Å². The van der Waals surface area contributed by atoms with Crippen molar-refractivity contribution in [2.24, 2.45) is 0 Å². The minimum Gasteiger partial charge on any atom is -0.508 e. The molecular weight excluding hydrogens is 226 g/mol. The smallest absolute Gasteiger partial charge is 0.325 e. The Bertz CT molecular complexity index is 401. The number of carbonyl (C=O) groups excluding carboxylic acids is 1. The lowest BCUT2D eigenvalue weighted by molar-refractivity contribution is -0.139. The van der Waals surface area contributed by atoms with Gasteiger partial charge in [0.1, 0.15) is 18.8 Å². The summed E-state index contributed by atoms with van der Waals surface area (Å²) in [6.07, 6.45) is 0. The topological polar surface area (TPSA) is 87.1 Å². The molecule has 6 nitrogen and oxygen atoms in total. The maximum Gasteiger partial charge on any atom is 0.325 e. The highest BCUT2D eigenvalue weighted by Gasteiger charge is 2.14. The van der Waals surface area contributed by atoms with Gasteiger partial charge in [-0.25, -0.2) is 0 Å². The van der Waals surface area contributed by atoms with Crippen LogP contribution in [-0.2, 0) is 14.3 Å². The number of carbonyl (C=O) groups is 2. The third kappa shape index (κ3) is 4.02. The molecule has 0 saturated heterocycles. The van der Waals surface area contributed by atoms with E-state index in [9.17, 15) is 9.59 Å². The second kappa shape index (κ2) is 5.74. The van der Waals surface area contributed by atoms with E-state index in [1.807, 2.05) is 0 Å². The Morgan fingerprint density at radius 1 is 1.24 bits per heavy atom. The Hall–Kier alpha value is -2.24. The number of hydrogen-bond donors (Lipinski definition) is 2. The minimum absolute atomic E-state index is 0.0714. The number of rotatable bonds is 5. The summed E-state index contributed by atoms with van der Waals surface area (Å²) in [6, 6.07) is 5.89. The number of esters is 1. The minimum atomic E-state index is -1.05. The maximum atomic E-state index is 11.1. The number of methoxy groups -OCH3 is 1. The third-order valence-electron chi connectivity index (χ3n) is 2.09. The molecule has 0 saturated carbocycles. The van der Waals surface area contributed by atoms with E-state index < -0.39 is 11.9 Å². The lowest BCUT2D eigenvalue weighted by Crippen LogP contribution is -2.35. The van der Waals surface area contributed by atoms with Gasteiger partial charge in [-0.1, -0.05) is 0 Å². The molecule has 0 atom stereocenters. The number of phenolic OH excluding ortho intramolecular Hbond substituents is 1. The van der Waals surface area contributed by atoms with Gasteiger partial charge in [0.25, 0.3) is 0 Å². The van der Waals surface area contributed by atoms with E-state index >= 15 is 0 Å². The lowest BCUT2D eigenvalue weighted by Gasteiger charge is -2.21. The van der Waals surface area contributed by atoms with Gasteiger partial charge in [0.15, 0.2) is 0 Å². The van der Waals surface area contributed by atoms with Crippen LogP contribution in [0, 0.1) is 0 Å². The van der Waals surface area contributed by atoms with Crippen molar-refractivity contribution in [3.63, 3.8) is 0 Å². The first-order valence-corrected chi connectivity index (χ1v) is 4.85. The number of aliphatic carboxylic acids is 1. The number of carboxylic acid groups (broad SMARTS) is 1. The summed E-state index contributed by atoms with van der Waals surface area (Å²) in [7, 11) is 1.23. The van der Waals surface area contributed by atoms with Gasteiger partial charge in [0.05, 0.1) is 7.11 Å². The molecule has 92 valence electrons. The van der Waals surface area contributed by atoms with Crippen LogP contribution in [0.15, 0.2) is 24.3 Å². The number of phenols is 1. The van der Waals surface area contributed by atoms with Gasteiger partial charge in [0, 0.05) is 5.69 Å². The molecule has 0 aliphatic rings. The molecule has 1 rings (SSSR count). The summed E-state index contributed by atoms with van der Waals surface area (Å²) in [5.74, 6) is -1.51. The first-order chi connectivity index (χ1) is 8.02. The van der Waals surface area contributed by atoms with Crippen molar-refractivity contribution in [2.45, 2.75) is 0 Å². The monoisotopic (exact) mass is 239 g/mol. The molecule has 2 N–H and O–H groups in total. The fourth-order valence-corrected chi connectivity index (χ4v) is 1.29. The highest BCUT2D eigenvalue weighted by atomic mass is 16.5. The zero-order valence-electron chi connectivity index (χ0n) is 9.29. The highest BCUT2D eigenvalue weighted by Crippen LogP contribution is 2.18. The van der Waals surface area contributed by atoms with Crippen molar-refractivity contribution in [1.29, 1.82) is 0 Å². The van der Waals surface area contributed by atoms with Gasteiger partial charge in [-0.2, -0.15) is 0 Å². The Morgan fingerprint density at radius 3 is 2.29 bits per heavy atom. The highest BCUT2D eigenvalue weighted by molar-refractivity contribution is 5.80. The summed E-state index contributed by atoms with van der Waals surface area (Å²) >= 11 is 0. The quantitative estimate of drug-likeness (QED) is 0.726. The Morgan fingerprint density at radius 2 is 1.82 bits per heavy atom. The number of carboxylic acids is 1. The van der Waals surface area contributed by atoms with Crippen LogP contribution in [0.1, 0.15) is 0 Å². The molecule has 0 radical (unpaired) electrons. The molecule has 0 aliphatic heterocycles. The van der Waals surface area contributed by atoms with Gasteiger partial charge in [-0.3, -0.25) is 9.59 Å². The van der Waals surface area contributed by atoms with Gasteiger partial charge in [0.2, 0.25) is 0 Å². The van der Waals surface area contributed by atoms with Crippen molar-refractivity contribution in [3.05, 3.63) is 24.3 Å². The second-order valence-electron chi connectivity index (χ2n) is 3.34. The molecule has 1 aromatic rings. The van der Waals surface area contributed by atoms with Gasteiger partial charge < -0.3 is 19.8 Å². The summed E-state index contributed by atoms with van der Waals surface area (Å²) < 4.78 is 4.48. The van der Waals surface area contributed by atoms with E-state index in [0.717, 1.165) is 0 Å². The molecule has 0 spiro atoms. The van der Waals surface area contributed by atoms with Crippen molar-refractivity contribution < 1.29 is 24.5 Å². The van der Waals surface area contributed by atoms with Crippen LogP contribution in [-0.4, -0.2) is 42.4 Å². The first-order valence-electron chi connectivity index (χ1n) is 4.85. The standard InChI is InChI=1S/C11H13NO5/c1-17-11(16)7-12(6-10(14)15)8-2-4-9(13)5-3-8/h2-5,13H,6-7H2,1H3,(H,14,15). The average Bonchev–Trinajstić information content (AvgIpc) is 2.28. The zero-order valence-corrected chi connectivity index (χ0v) is 9.29. The molecule has 0 amide bonds. The van der Waals surface area contributed by atoms with Crippen molar-refractivity contribution in [2.75, 3.05) is 25.1 Å². The van der Waals surface area contributed by atoms with Crippen molar-refractivity contribution in [3.8, 4) is 5.75 Å². The van der Waals surface area contributed by atoms with Crippen LogP contribution in [0.25, 0.3) is 0 Å². The summed E-state index contributed by atoms with van der Waals surface area (Å²) in [4.78, 5) is 23.2. The molecule has 0 aliphatic carbocycles. The van der Waals surface area contributed by atoms with Gasteiger partial charge in [-0.15, -0.1) is 0 Å².